The van der Waals surface area contributed by atoms with Crippen molar-refractivity contribution in [2.24, 2.45) is 14.1 Å². The molecule has 4 aromatic carbocycles. The Bertz CT molecular complexity index is 1570. The molecule has 32 heavy (non-hydrogen) atoms. The molecular formula is C28H28N4. The van der Waals surface area contributed by atoms with Crippen LogP contribution in [0, 0.1) is 0 Å². The van der Waals surface area contributed by atoms with Crippen molar-refractivity contribution in [3.8, 4) is 0 Å². The van der Waals surface area contributed by atoms with Gasteiger partial charge in [0.2, 0.25) is 0 Å². The molecule has 4 nitrogen and oxygen atoms in total. The summed E-state index contributed by atoms with van der Waals surface area (Å²) in [4.78, 5) is 4.35. The lowest BCUT2D eigenvalue weighted by molar-refractivity contribution is 0.916. The molecule has 0 aliphatic carbocycles. The molecular weight excluding hydrogens is 392 g/mol. The monoisotopic (exact) mass is 420 g/mol. The van der Waals surface area contributed by atoms with Gasteiger partial charge >= 0.3 is 0 Å². The second-order valence-electron chi connectivity index (χ2n) is 9.33. The Kier molecular flexibility index (Phi) is 3.83. The molecule has 0 amide bonds. The minimum Gasteiger partial charge on any atom is -0.364 e. The van der Waals surface area contributed by atoms with E-state index in [9.17, 15) is 0 Å². The van der Waals surface area contributed by atoms with Crippen LogP contribution in [0.1, 0.15) is 0 Å². The number of aromatic nitrogens is 2. The van der Waals surface area contributed by atoms with Gasteiger partial charge in [0, 0.05) is 53.1 Å². The molecule has 0 unspecified atom stereocenters. The smallest absolute Gasteiger partial charge is 0.108 e. The minimum absolute atomic E-state index is 1.22. The standard InChI is InChI=1S/C28H28N4/c1-29(2)27-15-23-21-9-7-18-17(19(21)11-13-25(23)31(27)5)8-10-22-20(18)12-14-26-24(22)16-28(30(3)4)32(26)6/h7-16H,1-6H3. The molecule has 0 N–H and O–H groups in total. The summed E-state index contributed by atoms with van der Waals surface area (Å²) in [5.41, 5.74) is 2.53. The lowest BCUT2D eigenvalue weighted by atomic mass is 9.94. The molecule has 6 rings (SSSR count). The normalized spacial score (nSPS) is 12.1. The maximum atomic E-state index is 2.31. The highest BCUT2D eigenvalue weighted by Gasteiger charge is 2.15. The summed E-state index contributed by atoms with van der Waals surface area (Å²) in [5, 5.41) is 10.5. The first-order valence-corrected chi connectivity index (χ1v) is 11.1. The van der Waals surface area contributed by atoms with Gasteiger partial charge in [0.25, 0.3) is 0 Å². The zero-order chi connectivity index (χ0) is 22.3. The molecule has 0 saturated carbocycles. The average molecular weight is 421 g/mol. The van der Waals surface area contributed by atoms with E-state index in [1.165, 1.54) is 65.8 Å². The fraction of sp³-hybridized carbons (Fsp3) is 0.214. The Morgan fingerprint density at radius 2 is 0.719 bits per heavy atom. The molecule has 0 radical (unpaired) electrons. The van der Waals surface area contributed by atoms with Crippen molar-refractivity contribution in [2.45, 2.75) is 0 Å². The Balaban J connectivity index is 1.70. The molecule has 4 heteroatoms. The van der Waals surface area contributed by atoms with Gasteiger partial charge in [0.15, 0.2) is 0 Å². The summed E-state index contributed by atoms with van der Waals surface area (Å²) in [6.07, 6.45) is 0. The first-order valence-electron chi connectivity index (χ1n) is 11.1. The van der Waals surface area contributed by atoms with E-state index in [2.05, 4.69) is 122 Å². The molecule has 6 aromatic rings. The van der Waals surface area contributed by atoms with Gasteiger partial charge in [0.1, 0.15) is 11.6 Å². The Morgan fingerprint density at radius 1 is 0.438 bits per heavy atom. The van der Waals surface area contributed by atoms with Crippen LogP contribution in [-0.2, 0) is 14.1 Å². The van der Waals surface area contributed by atoms with Crippen LogP contribution in [-0.4, -0.2) is 37.3 Å². The van der Waals surface area contributed by atoms with E-state index in [0.717, 1.165) is 0 Å². The van der Waals surface area contributed by atoms with Gasteiger partial charge in [-0.3, -0.25) is 0 Å². The van der Waals surface area contributed by atoms with Crippen LogP contribution in [0.2, 0.25) is 0 Å². The topological polar surface area (TPSA) is 16.3 Å². The highest BCUT2D eigenvalue weighted by Crippen LogP contribution is 2.39. The van der Waals surface area contributed by atoms with Crippen LogP contribution in [0.3, 0.4) is 0 Å². The second kappa shape index (κ2) is 6.42. The third kappa shape index (κ3) is 2.38. The van der Waals surface area contributed by atoms with Crippen LogP contribution >= 0.6 is 0 Å². The van der Waals surface area contributed by atoms with Gasteiger partial charge in [0.05, 0.1) is 11.0 Å². The minimum atomic E-state index is 1.22. The van der Waals surface area contributed by atoms with Crippen molar-refractivity contribution < 1.29 is 0 Å². The average Bonchev–Trinajstić information content (AvgIpc) is 3.30. The molecule has 0 saturated heterocycles. The van der Waals surface area contributed by atoms with E-state index in [0.29, 0.717) is 0 Å². The Labute approximate surface area is 187 Å². The second-order valence-corrected chi connectivity index (χ2v) is 9.33. The maximum Gasteiger partial charge on any atom is 0.108 e. The summed E-state index contributed by atoms with van der Waals surface area (Å²) in [7, 11) is 12.7. The lowest BCUT2D eigenvalue weighted by Gasteiger charge is -2.13. The molecule has 2 aromatic heterocycles. The first kappa shape index (κ1) is 19.1. The van der Waals surface area contributed by atoms with Gasteiger partial charge in [-0.1, -0.05) is 36.4 Å². The number of rotatable bonds is 2. The van der Waals surface area contributed by atoms with Crippen molar-refractivity contribution >= 4 is 65.8 Å². The molecule has 0 aliphatic rings. The SMILES string of the molecule is CN(C)c1cc2c3ccc4c(ccc5c4ccc4c5cc(N(C)C)n4C)c3ccc2n1C. The number of benzene rings is 4. The summed E-state index contributed by atoms with van der Waals surface area (Å²) >= 11 is 0. The van der Waals surface area contributed by atoms with Crippen LogP contribution in [0.25, 0.3) is 54.1 Å². The van der Waals surface area contributed by atoms with Gasteiger partial charge in [-0.25, -0.2) is 0 Å². The number of nitrogens with zero attached hydrogens (tertiary/aromatic N) is 4. The van der Waals surface area contributed by atoms with Gasteiger partial charge in [-0.15, -0.1) is 0 Å². The number of hydrogen-bond donors (Lipinski definition) is 0. The number of hydrogen-bond acceptors (Lipinski definition) is 2. The van der Waals surface area contributed by atoms with E-state index in [1.54, 1.807) is 0 Å². The van der Waals surface area contributed by atoms with E-state index in [4.69, 9.17) is 0 Å². The van der Waals surface area contributed by atoms with E-state index in [-0.39, 0.29) is 0 Å². The maximum absolute atomic E-state index is 2.31. The molecule has 2 heterocycles. The summed E-state index contributed by atoms with van der Waals surface area (Å²) in [5.74, 6) is 2.43. The zero-order valence-corrected chi connectivity index (χ0v) is 19.6. The van der Waals surface area contributed by atoms with Crippen LogP contribution in [0.4, 0.5) is 11.6 Å². The highest BCUT2D eigenvalue weighted by atomic mass is 15.2. The number of anilines is 2. The van der Waals surface area contributed by atoms with Crippen molar-refractivity contribution in [3.63, 3.8) is 0 Å². The van der Waals surface area contributed by atoms with Gasteiger partial charge in [-0.2, -0.15) is 0 Å². The summed E-state index contributed by atoms with van der Waals surface area (Å²) < 4.78 is 4.54. The third-order valence-electron chi connectivity index (χ3n) is 7.11. The molecule has 0 bridgehead atoms. The van der Waals surface area contributed by atoms with Gasteiger partial charge in [-0.05, 0) is 56.6 Å². The zero-order valence-electron chi connectivity index (χ0n) is 19.6. The van der Waals surface area contributed by atoms with Crippen LogP contribution < -0.4 is 9.80 Å². The van der Waals surface area contributed by atoms with Crippen molar-refractivity contribution in [3.05, 3.63) is 60.7 Å². The summed E-state index contributed by atoms with van der Waals surface area (Å²) in [6.45, 7) is 0. The quantitative estimate of drug-likeness (QED) is 0.307. The molecule has 0 atom stereocenters. The fourth-order valence-electron chi connectivity index (χ4n) is 5.51. The largest absolute Gasteiger partial charge is 0.364 e. The lowest BCUT2D eigenvalue weighted by Crippen LogP contribution is -2.12. The number of aryl methyl sites for hydroxylation is 2. The van der Waals surface area contributed by atoms with Crippen LogP contribution in [0.15, 0.2) is 60.7 Å². The molecule has 0 aliphatic heterocycles. The third-order valence-corrected chi connectivity index (χ3v) is 7.11. The van der Waals surface area contributed by atoms with Crippen LogP contribution in [0.5, 0.6) is 0 Å². The van der Waals surface area contributed by atoms with E-state index >= 15 is 0 Å². The Hall–Kier alpha value is -3.66. The predicted octanol–water partition coefficient (Wildman–Crippen LogP) is 6.26. The molecule has 160 valence electrons. The highest BCUT2D eigenvalue weighted by molar-refractivity contribution is 6.25. The van der Waals surface area contributed by atoms with E-state index < -0.39 is 0 Å². The predicted molar refractivity (Wildman–Crippen MR) is 141 cm³/mol. The first-order chi connectivity index (χ1) is 15.4. The summed E-state index contributed by atoms with van der Waals surface area (Å²) in [6, 6.07) is 22.9. The van der Waals surface area contributed by atoms with Crippen molar-refractivity contribution in [1.29, 1.82) is 0 Å². The van der Waals surface area contributed by atoms with Gasteiger partial charge < -0.3 is 18.9 Å². The van der Waals surface area contributed by atoms with E-state index in [1.807, 2.05) is 0 Å². The molecule has 0 fully saturated rings. The fourth-order valence-corrected chi connectivity index (χ4v) is 5.51. The Morgan fingerprint density at radius 3 is 1.03 bits per heavy atom. The number of fused-ring (bicyclic) bond motifs is 9. The van der Waals surface area contributed by atoms with Crippen molar-refractivity contribution in [1.82, 2.24) is 9.13 Å². The molecule has 0 spiro atoms. The van der Waals surface area contributed by atoms with Crippen molar-refractivity contribution in [2.75, 3.05) is 38.0 Å².